The highest BCUT2D eigenvalue weighted by Gasteiger charge is 2.31. The lowest BCUT2D eigenvalue weighted by Crippen LogP contribution is -2.49. The van der Waals surface area contributed by atoms with E-state index in [4.69, 9.17) is 14.6 Å². The maximum Gasteiger partial charge on any atom is 0.334 e. The number of ether oxygens (including phenoxy) is 2. The molecule has 0 saturated carbocycles. The summed E-state index contributed by atoms with van der Waals surface area (Å²) in [5, 5.41) is 9.00. The Morgan fingerprint density at radius 1 is 1.36 bits per heavy atom. The van der Waals surface area contributed by atoms with Gasteiger partial charge in [0.2, 0.25) is 0 Å². The van der Waals surface area contributed by atoms with Gasteiger partial charge in [-0.3, -0.25) is 4.79 Å². The van der Waals surface area contributed by atoms with Crippen LogP contribution in [0.3, 0.4) is 0 Å². The Labute approximate surface area is 135 Å². The number of fused-ring (bicyclic) bond motifs is 1. The zero-order valence-electron chi connectivity index (χ0n) is 11.6. The minimum Gasteiger partial charge on any atom is -0.488 e. The van der Waals surface area contributed by atoms with Crippen LogP contribution in [0.25, 0.3) is 6.08 Å². The van der Waals surface area contributed by atoms with Crippen LogP contribution >= 0.6 is 15.9 Å². The second kappa shape index (κ2) is 6.10. The van der Waals surface area contributed by atoms with E-state index < -0.39 is 12.1 Å². The van der Waals surface area contributed by atoms with Gasteiger partial charge in [-0.1, -0.05) is 15.9 Å². The smallest absolute Gasteiger partial charge is 0.334 e. The van der Waals surface area contributed by atoms with Crippen LogP contribution in [0.15, 0.2) is 28.2 Å². The van der Waals surface area contributed by atoms with Crippen LogP contribution in [0.2, 0.25) is 0 Å². The second-order valence-electron chi connectivity index (χ2n) is 5.09. The van der Waals surface area contributed by atoms with Crippen molar-refractivity contribution < 1.29 is 24.2 Å². The number of aliphatic carboxylic acids is 1. The lowest BCUT2D eigenvalue weighted by molar-refractivity contribution is -0.158. The molecule has 1 fully saturated rings. The van der Waals surface area contributed by atoms with Gasteiger partial charge in [0.05, 0.1) is 18.7 Å². The molecule has 22 heavy (non-hydrogen) atoms. The summed E-state index contributed by atoms with van der Waals surface area (Å²) in [5.41, 5.74) is 1.34. The molecular weight excluding hydrogens is 354 g/mol. The molecular formula is C15H14BrNO5. The number of hydrogen-bond donors (Lipinski definition) is 1. The Morgan fingerprint density at radius 2 is 2.18 bits per heavy atom. The van der Waals surface area contributed by atoms with Crippen LogP contribution in [0.1, 0.15) is 5.56 Å². The number of carboxylic acids is 1. The maximum atomic E-state index is 12.5. The fourth-order valence-corrected chi connectivity index (χ4v) is 2.84. The Hall–Kier alpha value is -1.86. The SMILES string of the molecule is O=C(O)C1CN(C(=O)C2=Cc3cc(Br)ccc3OC2)CCO1. The molecule has 1 unspecified atom stereocenters. The number of carbonyl (C=O) groups excluding carboxylic acids is 1. The Morgan fingerprint density at radius 3 is 2.95 bits per heavy atom. The molecule has 2 aliphatic rings. The summed E-state index contributed by atoms with van der Waals surface area (Å²) < 4.78 is 11.6. The van der Waals surface area contributed by atoms with E-state index in [1.54, 1.807) is 6.08 Å². The first kappa shape index (κ1) is 15.1. The number of hydrogen-bond acceptors (Lipinski definition) is 4. The lowest BCUT2D eigenvalue weighted by atomic mass is 10.1. The summed E-state index contributed by atoms with van der Waals surface area (Å²) in [5.74, 6) is -0.536. The van der Waals surface area contributed by atoms with E-state index in [9.17, 15) is 9.59 Å². The number of morpholine rings is 1. The zero-order chi connectivity index (χ0) is 15.7. The molecule has 2 aliphatic heterocycles. The van der Waals surface area contributed by atoms with Crippen molar-refractivity contribution in [3.05, 3.63) is 33.8 Å². The highest BCUT2D eigenvalue weighted by Crippen LogP contribution is 2.29. The van der Waals surface area contributed by atoms with Gasteiger partial charge in [-0.05, 0) is 24.3 Å². The fraction of sp³-hybridized carbons (Fsp3) is 0.333. The summed E-state index contributed by atoms with van der Waals surface area (Å²) in [6.45, 7) is 0.837. The largest absolute Gasteiger partial charge is 0.488 e. The first-order chi connectivity index (χ1) is 10.5. The second-order valence-corrected chi connectivity index (χ2v) is 6.00. The van der Waals surface area contributed by atoms with Crippen LogP contribution in [0, 0.1) is 0 Å². The van der Waals surface area contributed by atoms with E-state index in [1.807, 2.05) is 18.2 Å². The third-order valence-electron chi connectivity index (χ3n) is 3.59. The van der Waals surface area contributed by atoms with Gasteiger partial charge in [0, 0.05) is 16.6 Å². The molecule has 1 saturated heterocycles. The van der Waals surface area contributed by atoms with Gasteiger partial charge in [0.25, 0.3) is 5.91 Å². The maximum absolute atomic E-state index is 12.5. The molecule has 0 aromatic heterocycles. The van der Waals surface area contributed by atoms with Crippen molar-refractivity contribution in [1.29, 1.82) is 0 Å². The molecule has 3 rings (SSSR count). The summed E-state index contributed by atoms with van der Waals surface area (Å²) >= 11 is 3.39. The fourth-order valence-electron chi connectivity index (χ4n) is 2.46. The lowest BCUT2D eigenvalue weighted by Gasteiger charge is -2.32. The molecule has 1 aromatic carbocycles. The quantitative estimate of drug-likeness (QED) is 0.857. The van der Waals surface area contributed by atoms with E-state index in [1.165, 1.54) is 4.90 Å². The summed E-state index contributed by atoms with van der Waals surface area (Å²) in [7, 11) is 0. The van der Waals surface area contributed by atoms with Crippen LogP contribution in [0.5, 0.6) is 5.75 Å². The van der Waals surface area contributed by atoms with Gasteiger partial charge in [0.1, 0.15) is 12.4 Å². The average molecular weight is 368 g/mol. The van der Waals surface area contributed by atoms with E-state index in [0.29, 0.717) is 12.1 Å². The average Bonchev–Trinajstić information content (AvgIpc) is 2.53. The van der Waals surface area contributed by atoms with Crippen molar-refractivity contribution in [3.63, 3.8) is 0 Å². The van der Waals surface area contributed by atoms with Crippen molar-refractivity contribution in [2.75, 3.05) is 26.3 Å². The number of rotatable bonds is 2. The van der Waals surface area contributed by atoms with Crippen LogP contribution in [-0.4, -0.2) is 54.3 Å². The van der Waals surface area contributed by atoms with Gasteiger partial charge in [-0.25, -0.2) is 4.79 Å². The van der Waals surface area contributed by atoms with Crippen molar-refractivity contribution in [3.8, 4) is 5.75 Å². The monoisotopic (exact) mass is 367 g/mol. The molecule has 0 spiro atoms. The van der Waals surface area contributed by atoms with E-state index in [2.05, 4.69) is 15.9 Å². The standard InChI is InChI=1S/C15H14BrNO5/c16-11-1-2-12-9(6-11)5-10(8-22-12)14(18)17-3-4-21-13(7-17)15(19)20/h1-2,5-6,13H,3-4,7-8H2,(H,19,20). The molecule has 6 nitrogen and oxygen atoms in total. The Kier molecular flexibility index (Phi) is 4.17. The minimum absolute atomic E-state index is 0.0524. The summed E-state index contributed by atoms with van der Waals surface area (Å²) in [6.07, 6.45) is 0.821. The molecule has 1 aromatic rings. The minimum atomic E-state index is -1.05. The van der Waals surface area contributed by atoms with Crippen molar-refractivity contribution in [2.45, 2.75) is 6.10 Å². The summed E-state index contributed by atoms with van der Waals surface area (Å²) in [6, 6.07) is 5.59. The molecule has 0 aliphatic carbocycles. The topological polar surface area (TPSA) is 76.1 Å². The summed E-state index contributed by atoms with van der Waals surface area (Å²) in [4.78, 5) is 25.0. The van der Waals surface area contributed by atoms with E-state index in [0.717, 1.165) is 15.8 Å². The van der Waals surface area contributed by atoms with Crippen LogP contribution in [-0.2, 0) is 14.3 Å². The predicted molar refractivity (Wildman–Crippen MR) is 81.6 cm³/mol. The van der Waals surface area contributed by atoms with Gasteiger partial charge in [-0.15, -0.1) is 0 Å². The molecule has 2 heterocycles. The highest BCUT2D eigenvalue weighted by molar-refractivity contribution is 9.10. The first-order valence-electron chi connectivity index (χ1n) is 6.81. The molecule has 1 atom stereocenters. The number of carbonyl (C=O) groups is 2. The number of nitrogens with zero attached hydrogens (tertiary/aromatic N) is 1. The predicted octanol–water partition coefficient (Wildman–Crippen LogP) is 1.54. The number of halogens is 1. The van der Waals surface area contributed by atoms with E-state index >= 15 is 0 Å². The molecule has 116 valence electrons. The van der Waals surface area contributed by atoms with Crippen molar-refractivity contribution >= 4 is 33.9 Å². The Balaban J connectivity index is 1.79. The number of amides is 1. The van der Waals surface area contributed by atoms with Gasteiger partial charge in [0.15, 0.2) is 6.10 Å². The van der Waals surface area contributed by atoms with Gasteiger partial charge >= 0.3 is 5.97 Å². The molecule has 0 radical (unpaired) electrons. The number of carboxylic acid groups (broad SMARTS) is 1. The van der Waals surface area contributed by atoms with Crippen molar-refractivity contribution in [1.82, 2.24) is 4.90 Å². The van der Waals surface area contributed by atoms with E-state index in [-0.39, 0.29) is 25.7 Å². The Bertz CT molecular complexity index is 657. The third kappa shape index (κ3) is 3.00. The number of benzene rings is 1. The van der Waals surface area contributed by atoms with Crippen LogP contribution < -0.4 is 4.74 Å². The molecule has 1 amide bonds. The third-order valence-corrected chi connectivity index (χ3v) is 4.08. The molecule has 1 N–H and O–H groups in total. The van der Waals surface area contributed by atoms with Gasteiger partial charge < -0.3 is 19.5 Å². The van der Waals surface area contributed by atoms with Crippen molar-refractivity contribution in [2.24, 2.45) is 0 Å². The zero-order valence-corrected chi connectivity index (χ0v) is 13.2. The molecule has 0 bridgehead atoms. The first-order valence-corrected chi connectivity index (χ1v) is 7.60. The highest BCUT2D eigenvalue weighted by atomic mass is 79.9. The van der Waals surface area contributed by atoms with Gasteiger partial charge in [-0.2, -0.15) is 0 Å². The normalized spacial score (nSPS) is 20.7. The van der Waals surface area contributed by atoms with Crippen LogP contribution in [0.4, 0.5) is 0 Å². The molecule has 7 heteroatoms.